The third kappa shape index (κ3) is 3.85. The lowest BCUT2D eigenvalue weighted by Crippen LogP contribution is -2.27. The van der Waals surface area contributed by atoms with Gasteiger partial charge in [0.1, 0.15) is 0 Å². The summed E-state index contributed by atoms with van der Waals surface area (Å²) in [6.45, 7) is 6.22. The van der Waals surface area contributed by atoms with Gasteiger partial charge < -0.3 is 14.6 Å². The smallest absolute Gasteiger partial charge is 0.165 e. The van der Waals surface area contributed by atoms with E-state index in [9.17, 15) is 0 Å². The van der Waals surface area contributed by atoms with E-state index in [4.69, 9.17) is 14.6 Å². The van der Waals surface area contributed by atoms with Crippen LogP contribution in [0.3, 0.4) is 0 Å². The van der Waals surface area contributed by atoms with Crippen LogP contribution in [0.25, 0.3) is 0 Å². The maximum atomic E-state index is 9.13. The van der Waals surface area contributed by atoms with Crippen molar-refractivity contribution in [2.45, 2.75) is 26.3 Å². The molecule has 1 aromatic rings. The summed E-state index contributed by atoms with van der Waals surface area (Å²) in [4.78, 5) is 2.24. The molecular formula is C15H23NO3. The molecule has 4 heteroatoms. The average molecular weight is 265 g/mol. The number of benzene rings is 1. The quantitative estimate of drug-likeness (QED) is 0.855. The Hall–Kier alpha value is -1.26. The van der Waals surface area contributed by atoms with Gasteiger partial charge in [-0.3, -0.25) is 4.90 Å². The minimum Gasteiger partial charge on any atom is -0.490 e. The molecular weight excluding hydrogens is 242 g/mol. The van der Waals surface area contributed by atoms with Gasteiger partial charge in [0.15, 0.2) is 11.5 Å². The Morgan fingerprint density at radius 1 is 1.21 bits per heavy atom. The van der Waals surface area contributed by atoms with Crippen molar-refractivity contribution in [2.24, 2.45) is 0 Å². The van der Waals surface area contributed by atoms with Crippen LogP contribution in [0.1, 0.15) is 25.3 Å². The van der Waals surface area contributed by atoms with Crippen molar-refractivity contribution in [2.75, 3.05) is 32.9 Å². The molecule has 0 aromatic heterocycles. The number of para-hydroxylation sites is 1. The van der Waals surface area contributed by atoms with Gasteiger partial charge >= 0.3 is 0 Å². The fraction of sp³-hybridized carbons (Fsp3) is 0.600. The summed E-state index contributed by atoms with van der Waals surface area (Å²) in [5.74, 6) is 1.72. The van der Waals surface area contributed by atoms with Crippen molar-refractivity contribution >= 4 is 0 Å². The van der Waals surface area contributed by atoms with Gasteiger partial charge in [0, 0.05) is 25.1 Å². The maximum absolute atomic E-state index is 9.13. The van der Waals surface area contributed by atoms with Crippen molar-refractivity contribution in [3.63, 3.8) is 0 Å². The zero-order valence-electron chi connectivity index (χ0n) is 11.6. The minimum atomic E-state index is 0.187. The van der Waals surface area contributed by atoms with E-state index in [1.54, 1.807) is 0 Å². The predicted molar refractivity (Wildman–Crippen MR) is 74.7 cm³/mol. The van der Waals surface area contributed by atoms with E-state index in [0.29, 0.717) is 19.8 Å². The standard InChI is InChI=1S/C15H23NO3/c1-2-7-16(8-9-17)12-13-5-3-6-14-15(13)19-11-4-10-18-14/h3,5-6,17H,2,4,7-12H2,1H3. The van der Waals surface area contributed by atoms with E-state index in [0.717, 1.165) is 43.0 Å². The monoisotopic (exact) mass is 265 g/mol. The fourth-order valence-electron chi connectivity index (χ4n) is 2.35. The molecule has 0 unspecified atom stereocenters. The number of aliphatic hydroxyl groups is 1. The molecule has 0 radical (unpaired) electrons. The Morgan fingerprint density at radius 2 is 2.05 bits per heavy atom. The summed E-state index contributed by atoms with van der Waals surface area (Å²) in [7, 11) is 0. The molecule has 0 spiro atoms. The summed E-state index contributed by atoms with van der Waals surface area (Å²) >= 11 is 0. The molecule has 1 aromatic carbocycles. The molecule has 0 atom stereocenters. The van der Waals surface area contributed by atoms with E-state index >= 15 is 0 Å². The first-order chi connectivity index (χ1) is 9.35. The molecule has 0 saturated carbocycles. The number of aliphatic hydroxyl groups excluding tert-OH is 1. The van der Waals surface area contributed by atoms with Crippen molar-refractivity contribution < 1.29 is 14.6 Å². The van der Waals surface area contributed by atoms with Crippen molar-refractivity contribution in [3.05, 3.63) is 23.8 Å². The first-order valence-corrected chi connectivity index (χ1v) is 7.06. The number of ether oxygens (including phenoxy) is 2. The van der Waals surface area contributed by atoms with Gasteiger partial charge in [-0.15, -0.1) is 0 Å². The van der Waals surface area contributed by atoms with E-state index in [2.05, 4.69) is 17.9 Å². The van der Waals surface area contributed by atoms with Crippen LogP contribution >= 0.6 is 0 Å². The molecule has 106 valence electrons. The molecule has 19 heavy (non-hydrogen) atoms. The van der Waals surface area contributed by atoms with Crippen molar-refractivity contribution in [1.29, 1.82) is 0 Å². The van der Waals surface area contributed by atoms with E-state index in [1.807, 2.05) is 12.1 Å². The zero-order valence-corrected chi connectivity index (χ0v) is 11.6. The topological polar surface area (TPSA) is 41.9 Å². The number of fused-ring (bicyclic) bond motifs is 1. The van der Waals surface area contributed by atoms with Crippen LogP contribution < -0.4 is 9.47 Å². The summed E-state index contributed by atoms with van der Waals surface area (Å²) in [6, 6.07) is 6.04. The third-order valence-corrected chi connectivity index (χ3v) is 3.20. The second kappa shape index (κ2) is 7.36. The number of rotatable bonds is 6. The summed E-state index contributed by atoms with van der Waals surface area (Å²) in [6.07, 6.45) is 2.00. The van der Waals surface area contributed by atoms with Crippen LogP contribution in [-0.2, 0) is 6.54 Å². The number of hydrogen-bond acceptors (Lipinski definition) is 4. The molecule has 0 fully saturated rings. The highest BCUT2D eigenvalue weighted by atomic mass is 16.5. The molecule has 4 nitrogen and oxygen atoms in total. The highest BCUT2D eigenvalue weighted by Crippen LogP contribution is 2.33. The molecule has 1 aliphatic rings. The lowest BCUT2D eigenvalue weighted by molar-refractivity contribution is 0.188. The van der Waals surface area contributed by atoms with Crippen LogP contribution in [0, 0.1) is 0 Å². The summed E-state index contributed by atoms with van der Waals surface area (Å²) < 4.78 is 11.5. The Bertz CT molecular complexity index is 389. The molecule has 0 saturated heterocycles. The molecule has 1 heterocycles. The van der Waals surface area contributed by atoms with Crippen LogP contribution in [0.15, 0.2) is 18.2 Å². The van der Waals surface area contributed by atoms with Crippen molar-refractivity contribution in [1.82, 2.24) is 4.90 Å². The van der Waals surface area contributed by atoms with Gasteiger partial charge in [-0.25, -0.2) is 0 Å². The molecule has 2 rings (SSSR count). The van der Waals surface area contributed by atoms with Crippen molar-refractivity contribution in [3.8, 4) is 11.5 Å². The highest BCUT2D eigenvalue weighted by Gasteiger charge is 2.16. The lowest BCUT2D eigenvalue weighted by Gasteiger charge is -2.22. The predicted octanol–water partition coefficient (Wildman–Crippen LogP) is 2.05. The molecule has 0 amide bonds. The second-order valence-corrected chi connectivity index (χ2v) is 4.79. The normalized spacial score (nSPS) is 14.5. The van der Waals surface area contributed by atoms with Crippen LogP contribution in [0.2, 0.25) is 0 Å². The number of nitrogens with zero attached hydrogens (tertiary/aromatic N) is 1. The summed E-state index contributed by atoms with van der Waals surface area (Å²) in [5.41, 5.74) is 1.14. The Balaban J connectivity index is 2.14. The largest absolute Gasteiger partial charge is 0.490 e. The first-order valence-electron chi connectivity index (χ1n) is 7.06. The van der Waals surface area contributed by atoms with E-state index in [-0.39, 0.29) is 6.61 Å². The van der Waals surface area contributed by atoms with Gasteiger partial charge in [-0.1, -0.05) is 19.1 Å². The second-order valence-electron chi connectivity index (χ2n) is 4.79. The Kier molecular flexibility index (Phi) is 5.48. The molecule has 1 N–H and O–H groups in total. The number of hydrogen-bond donors (Lipinski definition) is 1. The highest BCUT2D eigenvalue weighted by molar-refractivity contribution is 5.47. The molecule has 1 aliphatic heterocycles. The molecule has 0 bridgehead atoms. The molecule has 0 aliphatic carbocycles. The fourth-order valence-corrected chi connectivity index (χ4v) is 2.35. The third-order valence-electron chi connectivity index (χ3n) is 3.20. The Morgan fingerprint density at radius 3 is 2.84 bits per heavy atom. The zero-order chi connectivity index (χ0) is 13.5. The van der Waals surface area contributed by atoms with Crippen LogP contribution in [0.4, 0.5) is 0 Å². The minimum absolute atomic E-state index is 0.187. The lowest BCUT2D eigenvalue weighted by atomic mass is 10.1. The van der Waals surface area contributed by atoms with E-state index in [1.165, 1.54) is 0 Å². The van der Waals surface area contributed by atoms with Gasteiger partial charge in [0.25, 0.3) is 0 Å². The van der Waals surface area contributed by atoms with Crippen LogP contribution in [-0.4, -0.2) is 42.9 Å². The van der Waals surface area contributed by atoms with E-state index < -0.39 is 0 Å². The first kappa shape index (κ1) is 14.2. The Labute approximate surface area is 114 Å². The van der Waals surface area contributed by atoms with Gasteiger partial charge in [-0.05, 0) is 19.0 Å². The maximum Gasteiger partial charge on any atom is 0.165 e. The average Bonchev–Trinajstić information content (AvgIpc) is 2.65. The van der Waals surface area contributed by atoms with Crippen LogP contribution in [0.5, 0.6) is 11.5 Å². The van der Waals surface area contributed by atoms with Gasteiger partial charge in [0.05, 0.1) is 19.8 Å². The summed E-state index contributed by atoms with van der Waals surface area (Å²) in [5, 5.41) is 9.13. The SMILES string of the molecule is CCCN(CCO)Cc1cccc2c1OCCCO2. The van der Waals surface area contributed by atoms with Gasteiger partial charge in [0.2, 0.25) is 0 Å². The van der Waals surface area contributed by atoms with Gasteiger partial charge in [-0.2, -0.15) is 0 Å².